The van der Waals surface area contributed by atoms with Crippen LogP contribution in [-0.4, -0.2) is 53.4 Å². The average Bonchev–Trinajstić information content (AvgIpc) is 2.59. The Bertz CT molecular complexity index is 586. The number of carboxylic acid groups (broad SMARTS) is 1. The molecule has 6 heteroatoms. The number of carbonyl (C=O) groups excluding carboxylic acids is 1. The van der Waals surface area contributed by atoms with E-state index >= 15 is 0 Å². The molecule has 3 rings (SSSR count). The van der Waals surface area contributed by atoms with E-state index in [2.05, 4.69) is 6.07 Å². The van der Waals surface area contributed by atoms with Crippen molar-refractivity contribution in [1.29, 1.82) is 0 Å². The molecule has 23 heavy (non-hydrogen) atoms. The Labute approximate surface area is 140 Å². The Morgan fingerprint density at radius 3 is 2.74 bits per heavy atom. The van der Waals surface area contributed by atoms with E-state index in [1.807, 2.05) is 18.2 Å². The highest BCUT2D eigenvalue weighted by Crippen LogP contribution is 2.38. The van der Waals surface area contributed by atoms with E-state index in [1.54, 1.807) is 16.7 Å². The molecule has 1 fully saturated rings. The standard InChI is InChI=1S/C17H21NO4S/c19-15(20)11-18(13-5-8-22-9-6-13)17(21)16-14-4-2-1-3-12(14)7-10-23-16/h1-4,13,16H,5-11H2,(H,19,20). The van der Waals surface area contributed by atoms with Crippen LogP contribution in [0.4, 0.5) is 0 Å². The molecule has 124 valence electrons. The van der Waals surface area contributed by atoms with Crippen LogP contribution in [0.5, 0.6) is 0 Å². The number of rotatable bonds is 4. The van der Waals surface area contributed by atoms with Crippen LogP contribution < -0.4 is 0 Å². The molecule has 2 heterocycles. The van der Waals surface area contributed by atoms with E-state index in [4.69, 9.17) is 4.74 Å². The first-order valence-electron chi connectivity index (χ1n) is 7.96. The third kappa shape index (κ3) is 3.70. The van der Waals surface area contributed by atoms with E-state index in [1.165, 1.54) is 5.56 Å². The lowest BCUT2D eigenvalue weighted by Crippen LogP contribution is -2.47. The van der Waals surface area contributed by atoms with Gasteiger partial charge in [-0.05, 0) is 36.1 Å². The van der Waals surface area contributed by atoms with Gasteiger partial charge in [0.05, 0.1) is 0 Å². The summed E-state index contributed by atoms with van der Waals surface area (Å²) in [5.74, 6) is -0.141. The Balaban J connectivity index is 1.84. The number of amides is 1. The first-order valence-corrected chi connectivity index (χ1v) is 9.01. The summed E-state index contributed by atoms with van der Waals surface area (Å²) in [5.41, 5.74) is 2.24. The number of ether oxygens (including phenoxy) is 1. The molecule has 0 spiro atoms. The van der Waals surface area contributed by atoms with E-state index in [9.17, 15) is 14.7 Å². The summed E-state index contributed by atoms with van der Waals surface area (Å²) in [6.07, 6.45) is 2.37. The number of hydrogen-bond donors (Lipinski definition) is 1. The second-order valence-corrected chi connectivity index (χ2v) is 7.12. The van der Waals surface area contributed by atoms with Crippen LogP contribution in [0, 0.1) is 0 Å². The second-order valence-electron chi connectivity index (χ2n) is 5.90. The maximum atomic E-state index is 13.1. The minimum atomic E-state index is -0.959. The zero-order valence-electron chi connectivity index (χ0n) is 12.9. The van der Waals surface area contributed by atoms with Gasteiger partial charge in [-0.2, -0.15) is 0 Å². The van der Waals surface area contributed by atoms with E-state index < -0.39 is 5.97 Å². The van der Waals surface area contributed by atoms with Crippen LogP contribution in [0.25, 0.3) is 0 Å². The van der Waals surface area contributed by atoms with Crippen molar-refractivity contribution in [3.8, 4) is 0 Å². The summed E-state index contributed by atoms with van der Waals surface area (Å²) in [6, 6.07) is 7.95. The quantitative estimate of drug-likeness (QED) is 0.913. The molecular weight excluding hydrogens is 314 g/mol. The molecule has 0 radical (unpaired) electrons. The zero-order valence-corrected chi connectivity index (χ0v) is 13.8. The number of benzene rings is 1. The highest BCUT2D eigenvalue weighted by molar-refractivity contribution is 8.00. The summed E-state index contributed by atoms with van der Waals surface area (Å²) in [4.78, 5) is 25.9. The van der Waals surface area contributed by atoms with Crippen LogP contribution in [0.3, 0.4) is 0 Å². The topological polar surface area (TPSA) is 66.8 Å². The van der Waals surface area contributed by atoms with Crippen molar-refractivity contribution < 1.29 is 19.4 Å². The van der Waals surface area contributed by atoms with Crippen molar-refractivity contribution in [2.24, 2.45) is 0 Å². The van der Waals surface area contributed by atoms with Crippen molar-refractivity contribution in [2.45, 2.75) is 30.6 Å². The van der Waals surface area contributed by atoms with Crippen LogP contribution in [0.15, 0.2) is 24.3 Å². The van der Waals surface area contributed by atoms with Gasteiger partial charge in [-0.3, -0.25) is 9.59 Å². The largest absolute Gasteiger partial charge is 0.480 e. The molecule has 1 atom stereocenters. The predicted octanol–water partition coefficient (Wildman–Crippen LogP) is 2.11. The molecule has 1 aromatic carbocycles. The van der Waals surface area contributed by atoms with Gasteiger partial charge in [0.15, 0.2) is 0 Å². The minimum Gasteiger partial charge on any atom is -0.480 e. The van der Waals surface area contributed by atoms with Gasteiger partial charge in [0, 0.05) is 19.3 Å². The molecule has 5 nitrogen and oxygen atoms in total. The molecule has 1 saturated heterocycles. The first kappa shape index (κ1) is 16.3. The molecule has 1 amide bonds. The van der Waals surface area contributed by atoms with Gasteiger partial charge in [0.1, 0.15) is 11.8 Å². The molecule has 0 aliphatic carbocycles. The summed E-state index contributed by atoms with van der Waals surface area (Å²) < 4.78 is 5.35. The van der Waals surface area contributed by atoms with Crippen LogP contribution in [0.2, 0.25) is 0 Å². The van der Waals surface area contributed by atoms with E-state index in [0.29, 0.717) is 26.1 Å². The fraction of sp³-hybridized carbons (Fsp3) is 0.529. The van der Waals surface area contributed by atoms with Gasteiger partial charge < -0.3 is 14.7 Å². The highest BCUT2D eigenvalue weighted by atomic mass is 32.2. The maximum absolute atomic E-state index is 13.1. The molecule has 0 bridgehead atoms. The number of thioether (sulfide) groups is 1. The maximum Gasteiger partial charge on any atom is 0.323 e. The third-order valence-corrected chi connectivity index (χ3v) is 5.67. The SMILES string of the molecule is O=C(O)CN(C(=O)C1SCCc2ccccc21)C1CCOCC1. The molecule has 1 N–H and O–H groups in total. The molecule has 1 aromatic rings. The minimum absolute atomic E-state index is 0.0398. The van der Waals surface area contributed by atoms with Gasteiger partial charge in [0.25, 0.3) is 0 Å². The van der Waals surface area contributed by atoms with E-state index in [0.717, 1.165) is 17.7 Å². The lowest BCUT2D eigenvalue weighted by molar-refractivity contribution is -0.147. The van der Waals surface area contributed by atoms with Gasteiger partial charge in [-0.25, -0.2) is 0 Å². The molecule has 2 aliphatic heterocycles. The lowest BCUT2D eigenvalue weighted by atomic mass is 9.99. The summed E-state index contributed by atoms with van der Waals surface area (Å²) in [7, 11) is 0. The number of aliphatic carboxylic acids is 1. The number of hydrogen-bond acceptors (Lipinski definition) is 4. The number of aryl methyl sites for hydroxylation is 1. The van der Waals surface area contributed by atoms with Crippen molar-refractivity contribution in [3.05, 3.63) is 35.4 Å². The Kier molecular flexibility index (Phi) is 5.23. The average molecular weight is 335 g/mol. The summed E-state index contributed by atoms with van der Waals surface area (Å²) in [6.45, 7) is 0.938. The van der Waals surface area contributed by atoms with Crippen molar-refractivity contribution >= 4 is 23.6 Å². The van der Waals surface area contributed by atoms with E-state index in [-0.39, 0.29) is 23.7 Å². The zero-order chi connectivity index (χ0) is 16.2. The van der Waals surface area contributed by atoms with Gasteiger partial charge >= 0.3 is 5.97 Å². The monoisotopic (exact) mass is 335 g/mol. The molecule has 2 aliphatic rings. The summed E-state index contributed by atoms with van der Waals surface area (Å²) in [5, 5.41) is 8.94. The number of nitrogens with zero attached hydrogens (tertiary/aromatic N) is 1. The van der Waals surface area contributed by atoms with Crippen molar-refractivity contribution in [1.82, 2.24) is 4.90 Å². The highest BCUT2D eigenvalue weighted by Gasteiger charge is 2.35. The number of carbonyl (C=O) groups is 2. The first-order chi connectivity index (χ1) is 11.2. The molecule has 1 unspecified atom stereocenters. The normalized spacial score (nSPS) is 21.5. The van der Waals surface area contributed by atoms with Gasteiger partial charge in [-0.1, -0.05) is 24.3 Å². The molecule has 0 aromatic heterocycles. The second kappa shape index (κ2) is 7.36. The number of carboxylic acids is 1. The Hall–Kier alpha value is -1.53. The van der Waals surface area contributed by atoms with Crippen LogP contribution in [0.1, 0.15) is 29.2 Å². The third-order valence-electron chi connectivity index (χ3n) is 4.44. The predicted molar refractivity (Wildman–Crippen MR) is 88.5 cm³/mol. The summed E-state index contributed by atoms with van der Waals surface area (Å²) >= 11 is 1.62. The van der Waals surface area contributed by atoms with Crippen molar-refractivity contribution in [2.75, 3.05) is 25.5 Å². The molecule has 0 saturated carbocycles. The van der Waals surface area contributed by atoms with Crippen LogP contribution in [-0.2, 0) is 20.7 Å². The fourth-order valence-electron chi connectivity index (χ4n) is 3.28. The lowest BCUT2D eigenvalue weighted by Gasteiger charge is -2.36. The van der Waals surface area contributed by atoms with Gasteiger partial charge in [-0.15, -0.1) is 11.8 Å². The Morgan fingerprint density at radius 1 is 1.26 bits per heavy atom. The van der Waals surface area contributed by atoms with Crippen LogP contribution >= 0.6 is 11.8 Å². The Morgan fingerprint density at radius 2 is 2.00 bits per heavy atom. The molecular formula is C17H21NO4S. The van der Waals surface area contributed by atoms with Gasteiger partial charge in [0.2, 0.25) is 5.91 Å². The van der Waals surface area contributed by atoms with Crippen molar-refractivity contribution in [3.63, 3.8) is 0 Å². The fourth-order valence-corrected chi connectivity index (χ4v) is 4.54. The smallest absolute Gasteiger partial charge is 0.323 e. The number of fused-ring (bicyclic) bond motifs is 1.